The maximum atomic E-state index is 13.1. The Bertz CT molecular complexity index is 889. The SMILES string of the molecule is Fc1ccc(OCCCN2CCN(C3=COC(CC4=CC=CCC4)=CO3)CC2)c(Br)c1. The van der Waals surface area contributed by atoms with E-state index in [0.717, 1.165) is 70.0 Å². The quantitative estimate of drug-likeness (QED) is 0.460. The van der Waals surface area contributed by atoms with Gasteiger partial charge in [-0.1, -0.05) is 23.8 Å². The fourth-order valence-corrected chi connectivity index (χ4v) is 4.28. The first kappa shape index (κ1) is 22.0. The highest BCUT2D eigenvalue weighted by Gasteiger charge is 2.22. The molecule has 0 atom stereocenters. The van der Waals surface area contributed by atoms with Crippen LogP contribution in [0.4, 0.5) is 4.39 Å². The smallest absolute Gasteiger partial charge is 0.231 e. The molecule has 1 aromatic carbocycles. The van der Waals surface area contributed by atoms with Crippen molar-refractivity contribution in [1.29, 1.82) is 0 Å². The van der Waals surface area contributed by atoms with Crippen molar-refractivity contribution in [3.8, 4) is 5.75 Å². The fourth-order valence-electron chi connectivity index (χ4n) is 3.82. The zero-order valence-corrected chi connectivity index (χ0v) is 19.2. The molecule has 1 saturated heterocycles. The second-order valence-corrected chi connectivity index (χ2v) is 8.70. The Hall–Kier alpha value is -2.25. The highest BCUT2D eigenvalue weighted by atomic mass is 79.9. The molecule has 5 nitrogen and oxygen atoms in total. The number of nitrogens with zero attached hydrogens (tertiary/aromatic N) is 2. The first-order chi connectivity index (χ1) is 15.2. The molecule has 4 rings (SSSR count). The van der Waals surface area contributed by atoms with Crippen LogP contribution in [0.2, 0.25) is 0 Å². The van der Waals surface area contributed by atoms with Crippen LogP contribution in [0.15, 0.2) is 70.6 Å². The normalized spacial score (nSPS) is 19.2. The van der Waals surface area contributed by atoms with Gasteiger partial charge < -0.3 is 19.1 Å². The summed E-state index contributed by atoms with van der Waals surface area (Å²) in [5.74, 6) is 2.05. The summed E-state index contributed by atoms with van der Waals surface area (Å²) < 4.78 is 31.2. The van der Waals surface area contributed by atoms with Gasteiger partial charge in [0.2, 0.25) is 5.88 Å². The van der Waals surface area contributed by atoms with Crippen molar-refractivity contribution in [3.63, 3.8) is 0 Å². The number of piperazine rings is 1. The molecular weight excluding hydrogens is 463 g/mol. The lowest BCUT2D eigenvalue weighted by Gasteiger charge is -2.36. The molecule has 2 aliphatic heterocycles. The molecule has 0 N–H and O–H groups in total. The third-order valence-electron chi connectivity index (χ3n) is 5.58. The van der Waals surface area contributed by atoms with Crippen LogP contribution < -0.4 is 4.74 Å². The first-order valence-electron chi connectivity index (χ1n) is 10.8. The molecule has 1 aliphatic carbocycles. The maximum Gasteiger partial charge on any atom is 0.231 e. The Labute approximate surface area is 191 Å². The van der Waals surface area contributed by atoms with Crippen molar-refractivity contribution in [2.75, 3.05) is 39.3 Å². The molecule has 1 aromatic rings. The number of rotatable bonds is 8. The zero-order valence-electron chi connectivity index (χ0n) is 17.6. The number of benzene rings is 1. The van der Waals surface area contributed by atoms with E-state index in [1.165, 1.54) is 17.7 Å². The molecular formula is C24H28BrFN2O3. The Morgan fingerprint density at radius 2 is 1.97 bits per heavy atom. The minimum atomic E-state index is -0.273. The first-order valence-corrected chi connectivity index (χ1v) is 11.6. The summed E-state index contributed by atoms with van der Waals surface area (Å²) in [6, 6.07) is 4.48. The zero-order chi connectivity index (χ0) is 21.5. The lowest BCUT2D eigenvalue weighted by atomic mass is 10.0. The van der Waals surface area contributed by atoms with Gasteiger partial charge in [0, 0.05) is 39.1 Å². The average molecular weight is 491 g/mol. The maximum absolute atomic E-state index is 13.1. The highest BCUT2D eigenvalue weighted by Crippen LogP contribution is 2.26. The van der Waals surface area contributed by atoms with E-state index in [1.807, 2.05) is 0 Å². The summed E-state index contributed by atoms with van der Waals surface area (Å²) in [6.07, 6.45) is 13.8. The van der Waals surface area contributed by atoms with Gasteiger partial charge in [-0.05, 0) is 53.4 Å². The number of ether oxygens (including phenoxy) is 3. The van der Waals surface area contributed by atoms with Crippen LogP contribution in [0, 0.1) is 5.82 Å². The third kappa shape index (κ3) is 6.37. The van der Waals surface area contributed by atoms with Gasteiger partial charge in [0.05, 0.1) is 11.1 Å². The van der Waals surface area contributed by atoms with E-state index in [1.54, 1.807) is 18.6 Å². The summed E-state index contributed by atoms with van der Waals surface area (Å²) in [5, 5.41) is 0. The Morgan fingerprint density at radius 1 is 1.10 bits per heavy atom. The van der Waals surface area contributed by atoms with E-state index in [4.69, 9.17) is 14.2 Å². The molecule has 1 fully saturated rings. The minimum Gasteiger partial charge on any atom is -0.492 e. The molecule has 0 amide bonds. The Morgan fingerprint density at radius 3 is 2.68 bits per heavy atom. The molecule has 31 heavy (non-hydrogen) atoms. The molecule has 0 unspecified atom stereocenters. The van der Waals surface area contributed by atoms with Gasteiger partial charge in [0.25, 0.3) is 0 Å². The predicted octanol–water partition coefficient (Wildman–Crippen LogP) is 5.33. The molecule has 0 bridgehead atoms. The van der Waals surface area contributed by atoms with Gasteiger partial charge in [0.15, 0.2) is 6.26 Å². The van der Waals surface area contributed by atoms with Gasteiger partial charge in [-0.25, -0.2) is 4.39 Å². The van der Waals surface area contributed by atoms with E-state index in [2.05, 4.69) is 44.0 Å². The molecule has 0 radical (unpaired) electrons. The van der Waals surface area contributed by atoms with Crippen LogP contribution in [0.3, 0.4) is 0 Å². The number of hydrogen-bond acceptors (Lipinski definition) is 5. The van der Waals surface area contributed by atoms with Crippen LogP contribution in [0.1, 0.15) is 25.7 Å². The average Bonchev–Trinajstić information content (AvgIpc) is 2.80. The van der Waals surface area contributed by atoms with Crippen molar-refractivity contribution in [1.82, 2.24) is 9.80 Å². The highest BCUT2D eigenvalue weighted by molar-refractivity contribution is 9.10. The summed E-state index contributed by atoms with van der Waals surface area (Å²) in [4.78, 5) is 4.65. The van der Waals surface area contributed by atoms with Gasteiger partial charge in [0.1, 0.15) is 23.6 Å². The van der Waals surface area contributed by atoms with Crippen molar-refractivity contribution in [2.45, 2.75) is 25.7 Å². The summed E-state index contributed by atoms with van der Waals surface area (Å²) in [7, 11) is 0. The van der Waals surface area contributed by atoms with Gasteiger partial charge in [-0.15, -0.1) is 0 Å². The Balaban J connectivity index is 1.13. The van der Waals surface area contributed by atoms with Crippen LogP contribution in [-0.2, 0) is 9.47 Å². The molecule has 2 heterocycles. The standard InChI is InChI=1S/C24H28BrFN2O3/c25-22-16-20(26)7-8-23(22)29-14-4-9-27-10-12-28(13-11-27)24-18-30-21(17-31-24)15-19-5-2-1-3-6-19/h1-2,5,7-8,16-18H,3-4,6,9-15H2. The van der Waals surface area contributed by atoms with E-state index in [0.29, 0.717) is 16.8 Å². The van der Waals surface area contributed by atoms with Crippen molar-refractivity contribution in [2.24, 2.45) is 0 Å². The van der Waals surface area contributed by atoms with Crippen LogP contribution in [0.25, 0.3) is 0 Å². The molecule has 3 aliphatic rings. The van der Waals surface area contributed by atoms with E-state index in [-0.39, 0.29) is 5.82 Å². The predicted molar refractivity (Wildman–Crippen MR) is 122 cm³/mol. The summed E-state index contributed by atoms with van der Waals surface area (Å²) in [5.41, 5.74) is 1.37. The fraction of sp³-hybridized carbons (Fsp3) is 0.417. The molecule has 0 saturated carbocycles. The monoisotopic (exact) mass is 490 g/mol. The lowest BCUT2D eigenvalue weighted by molar-refractivity contribution is 0.0806. The molecule has 0 aromatic heterocycles. The van der Waals surface area contributed by atoms with Crippen LogP contribution >= 0.6 is 15.9 Å². The largest absolute Gasteiger partial charge is 0.492 e. The van der Waals surface area contributed by atoms with Gasteiger partial charge in [-0.2, -0.15) is 0 Å². The third-order valence-corrected chi connectivity index (χ3v) is 6.20. The molecule has 0 spiro atoms. The van der Waals surface area contributed by atoms with Crippen LogP contribution in [-0.4, -0.2) is 49.1 Å². The second kappa shape index (κ2) is 10.9. The van der Waals surface area contributed by atoms with Gasteiger partial charge in [-0.3, -0.25) is 4.90 Å². The van der Waals surface area contributed by atoms with Crippen LogP contribution in [0.5, 0.6) is 5.75 Å². The summed E-state index contributed by atoms with van der Waals surface area (Å²) >= 11 is 3.33. The molecule has 166 valence electrons. The second-order valence-electron chi connectivity index (χ2n) is 7.85. The summed E-state index contributed by atoms with van der Waals surface area (Å²) in [6.45, 7) is 5.31. The van der Waals surface area contributed by atoms with E-state index in [9.17, 15) is 4.39 Å². The van der Waals surface area contributed by atoms with Crippen molar-refractivity contribution in [3.05, 3.63) is 76.5 Å². The van der Waals surface area contributed by atoms with E-state index < -0.39 is 0 Å². The van der Waals surface area contributed by atoms with Gasteiger partial charge >= 0.3 is 0 Å². The van der Waals surface area contributed by atoms with Crippen molar-refractivity contribution < 1.29 is 18.6 Å². The Kier molecular flexibility index (Phi) is 7.70. The number of halogens is 2. The van der Waals surface area contributed by atoms with E-state index >= 15 is 0 Å². The number of allylic oxidation sites excluding steroid dienone is 4. The minimum absolute atomic E-state index is 0.273. The topological polar surface area (TPSA) is 34.2 Å². The lowest BCUT2D eigenvalue weighted by Crippen LogP contribution is -2.46. The van der Waals surface area contributed by atoms with Crippen molar-refractivity contribution >= 4 is 15.9 Å². The molecule has 7 heteroatoms. The number of hydrogen-bond donors (Lipinski definition) is 0.